The molecule has 83 heavy (non-hydrogen) atoms. The predicted octanol–water partition coefficient (Wildman–Crippen LogP) is 6.92. The first-order chi connectivity index (χ1) is 39.4. The summed E-state index contributed by atoms with van der Waals surface area (Å²) in [6, 6.07) is 15.0. The summed E-state index contributed by atoms with van der Waals surface area (Å²) < 4.78 is 46.8. The number of hydrogen-bond acceptors (Lipinski definition) is 16. The lowest BCUT2D eigenvalue weighted by Crippen LogP contribution is -2.64. The Kier molecular flexibility index (Phi) is 16.8. The number of aryl methyl sites for hydroxylation is 1. The number of amides is 3. The zero-order chi connectivity index (χ0) is 59.1. The third-order valence-corrected chi connectivity index (χ3v) is 19.4. The van der Waals surface area contributed by atoms with Crippen LogP contribution in [0, 0.1) is 19.7 Å². The van der Waals surface area contributed by atoms with Gasteiger partial charge in [-0.05, 0) is 109 Å². The predicted molar refractivity (Wildman–Crippen MR) is 316 cm³/mol. The van der Waals surface area contributed by atoms with Crippen LogP contribution in [0.25, 0.3) is 10.9 Å². The standard InChI is InChI=1S/C60H77FN14O7S/c1-38-31-72(23-22-71(38)33-46-34-74(58(78)79)39(2)32-73(46)35-53(76)75-36-60(8,9)54-49(75)26-43(29-63-54)25-42-11-14-45(61)15-12-42)52-16-13-44(30-62-52)57(77)70-20-18-69(19-21-70)17-10-24-82-50-28-48-47(27-51(50)83(80,81)59(5,6)7)56(65-37-64-48)66-55-40(3)41(4)67-68-55/h11-16,26-30,37-39,46H,10,17-25,31-36H2,1-9H3,(H,78,79)(H2,64,65,66,67,68)/t38-,39-,46+/m1/s1. The molecule has 4 aliphatic heterocycles. The van der Waals surface area contributed by atoms with E-state index in [1.54, 1.807) is 51.2 Å². The molecule has 3 atom stereocenters. The van der Waals surface area contributed by atoms with Crippen LogP contribution in [-0.4, -0.2) is 201 Å². The minimum absolute atomic E-state index is 0.0614. The van der Waals surface area contributed by atoms with E-state index in [0.29, 0.717) is 113 Å². The number of halogens is 1. The van der Waals surface area contributed by atoms with Crippen LogP contribution in [0.1, 0.15) is 93.3 Å². The molecular formula is C60H77FN14O7S. The molecule has 21 nitrogen and oxygen atoms in total. The third kappa shape index (κ3) is 12.6. The molecular weight excluding hydrogens is 1080 g/mol. The molecule has 0 aliphatic carbocycles. The Balaban J connectivity index is 0.711. The highest BCUT2D eigenvalue weighted by atomic mass is 32.2. The fraction of sp³-hybridized carbons (Fsp3) is 0.500. The first-order valence-corrected chi connectivity index (χ1v) is 30.1. The fourth-order valence-corrected chi connectivity index (χ4v) is 13.1. The Morgan fingerprint density at radius 3 is 2.30 bits per heavy atom. The third-order valence-electron chi connectivity index (χ3n) is 16.9. The van der Waals surface area contributed by atoms with Gasteiger partial charge in [0.25, 0.3) is 5.91 Å². The van der Waals surface area contributed by atoms with Crippen molar-refractivity contribution in [1.29, 1.82) is 0 Å². The van der Waals surface area contributed by atoms with Gasteiger partial charge in [0.2, 0.25) is 5.91 Å². The molecule has 10 rings (SSSR count). The van der Waals surface area contributed by atoms with Gasteiger partial charge in [-0.2, -0.15) is 5.10 Å². The van der Waals surface area contributed by atoms with Gasteiger partial charge in [0.15, 0.2) is 9.84 Å². The molecule has 442 valence electrons. The summed E-state index contributed by atoms with van der Waals surface area (Å²) in [5.74, 6) is 1.68. The second-order valence-corrected chi connectivity index (χ2v) is 27.0. The van der Waals surface area contributed by atoms with Crippen LogP contribution in [0.5, 0.6) is 5.75 Å². The van der Waals surface area contributed by atoms with E-state index in [2.05, 4.69) is 65.9 Å². The van der Waals surface area contributed by atoms with Gasteiger partial charge >= 0.3 is 6.09 Å². The number of aromatic nitrogens is 6. The number of nitrogens with zero attached hydrogens (tertiary/aromatic N) is 12. The van der Waals surface area contributed by atoms with Crippen LogP contribution in [0.3, 0.4) is 0 Å². The number of piperazine rings is 3. The average Bonchev–Trinajstić information content (AvgIpc) is 4.18. The molecule has 2 aromatic carbocycles. The van der Waals surface area contributed by atoms with Crippen molar-refractivity contribution in [1.82, 2.24) is 54.6 Å². The summed E-state index contributed by atoms with van der Waals surface area (Å²) in [6.45, 7) is 24.4. The number of aromatic amines is 1. The van der Waals surface area contributed by atoms with Crippen LogP contribution < -0.4 is 19.9 Å². The largest absolute Gasteiger partial charge is 0.492 e. The topological polar surface area (TPSA) is 230 Å². The maximum atomic E-state index is 14.5. The first-order valence-electron chi connectivity index (χ1n) is 28.6. The van der Waals surface area contributed by atoms with E-state index in [1.807, 2.05) is 55.0 Å². The zero-order valence-electron chi connectivity index (χ0n) is 49.0. The van der Waals surface area contributed by atoms with Gasteiger partial charge in [0.05, 0.1) is 46.1 Å². The number of pyridine rings is 2. The number of nitrogens with one attached hydrogen (secondary N) is 2. The van der Waals surface area contributed by atoms with Gasteiger partial charge < -0.3 is 34.8 Å². The highest BCUT2D eigenvalue weighted by Gasteiger charge is 2.43. The summed E-state index contributed by atoms with van der Waals surface area (Å²) >= 11 is 0. The fourth-order valence-electron chi connectivity index (χ4n) is 11.8. The number of rotatable bonds is 16. The van der Waals surface area contributed by atoms with E-state index in [9.17, 15) is 32.3 Å². The van der Waals surface area contributed by atoms with E-state index < -0.39 is 20.7 Å². The Morgan fingerprint density at radius 1 is 0.867 bits per heavy atom. The normalized spacial score (nSPS) is 20.0. The summed E-state index contributed by atoms with van der Waals surface area (Å²) in [5.41, 5.74) is 5.94. The smallest absolute Gasteiger partial charge is 0.407 e. The Hall–Kier alpha value is -7.34. The molecule has 0 spiro atoms. The van der Waals surface area contributed by atoms with Crippen molar-refractivity contribution < 1.29 is 37.0 Å². The molecule has 23 heteroatoms. The van der Waals surface area contributed by atoms with Crippen LogP contribution in [0.4, 0.5) is 32.3 Å². The van der Waals surface area contributed by atoms with Gasteiger partial charge in [0, 0.05) is 131 Å². The van der Waals surface area contributed by atoms with Crippen molar-refractivity contribution in [3.8, 4) is 5.75 Å². The Bertz CT molecular complexity index is 3480. The number of carbonyl (C=O) groups excluding carboxylic acids is 2. The molecule has 3 saturated heterocycles. The molecule has 4 aliphatic rings. The highest BCUT2D eigenvalue weighted by molar-refractivity contribution is 7.92. The van der Waals surface area contributed by atoms with Crippen molar-refractivity contribution in [3.05, 3.63) is 113 Å². The Labute approximate surface area is 485 Å². The molecule has 3 amide bonds. The highest BCUT2D eigenvalue weighted by Crippen LogP contribution is 2.41. The maximum Gasteiger partial charge on any atom is 0.407 e. The Morgan fingerprint density at radius 2 is 1.63 bits per heavy atom. The number of sulfone groups is 1. The molecule has 3 fully saturated rings. The molecule has 8 heterocycles. The number of carboxylic acid groups (broad SMARTS) is 1. The SMILES string of the molecule is Cc1n[nH]c(Nc2ncnc3cc(OCCCN4CCN(C(=O)c5ccc(N6CCN(C[C@H]7CN(C(=O)O)[C@H](C)CN7CC(=O)N7CC(C)(C)c8ncc(Cc9ccc(F)cc9)cc87)[C@H](C)C6)nc5)CC4)c(S(=O)(=O)C(C)(C)C)cc23)c1C. The van der Waals surface area contributed by atoms with E-state index in [0.717, 1.165) is 39.6 Å². The molecule has 4 aromatic heterocycles. The second-order valence-electron chi connectivity index (χ2n) is 24.4. The molecule has 6 aromatic rings. The second kappa shape index (κ2) is 23.7. The molecule has 0 unspecified atom stereocenters. The van der Waals surface area contributed by atoms with Crippen LogP contribution in [-0.2, 0) is 26.5 Å². The molecule has 0 radical (unpaired) electrons. The van der Waals surface area contributed by atoms with Crippen LogP contribution in [0.2, 0.25) is 0 Å². The summed E-state index contributed by atoms with van der Waals surface area (Å²) in [4.78, 5) is 73.6. The number of H-pyrrole nitrogens is 1. The number of ether oxygens (including phenoxy) is 1. The van der Waals surface area contributed by atoms with Crippen molar-refractivity contribution >= 4 is 61.8 Å². The lowest BCUT2D eigenvalue weighted by Gasteiger charge is -2.48. The monoisotopic (exact) mass is 1160 g/mol. The number of anilines is 4. The summed E-state index contributed by atoms with van der Waals surface area (Å²) in [5, 5.41) is 21.3. The van der Waals surface area contributed by atoms with Crippen molar-refractivity contribution in [2.75, 3.05) is 107 Å². The molecule has 3 N–H and O–H groups in total. The van der Waals surface area contributed by atoms with Crippen molar-refractivity contribution in [2.24, 2.45) is 0 Å². The quantitative estimate of drug-likeness (QED) is 0.0835. The van der Waals surface area contributed by atoms with E-state index >= 15 is 0 Å². The zero-order valence-corrected chi connectivity index (χ0v) is 49.8. The van der Waals surface area contributed by atoms with Gasteiger partial charge in [-0.25, -0.2) is 32.6 Å². The van der Waals surface area contributed by atoms with Crippen molar-refractivity contribution in [3.63, 3.8) is 0 Å². The summed E-state index contributed by atoms with van der Waals surface area (Å²) in [6.07, 6.45) is 5.13. The number of carbonyl (C=O) groups is 3. The van der Waals surface area contributed by atoms with E-state index in [-0.39, 0.29) is 71.5 Å². The number of hydrogen-bond donors (Lipinski definition) is 3. The number of benzene rings is 2. The minimum Gasteiger partial charge on any atom is -0.492 e. The maximum absolute atomic E-state index is 14.5. The van der Waals surface area contributed by atoms with E-state index in [1.165, 1.54) is 23.4 Å². The van der Waals surface area contributed by atoms with Gasteiger partial charge in [0.1, 0.15) is 40.2 Å². The lowest BCUT2D eigenvalue weighted by atomic mass is 9.91. The van der Waals surface area contributed by atoms with Gasteiger partial charge in [-0.15, -0.1) is 0 Å². The van der Waals surface area contributed by atoms with Crippen molar-refractivity contribution in [2.45, 2.75) is 108 Å². The average molecular weight is 1160 g/mol. The molecule has 0 saturated carbocycles. The van der Waals surface area contributed by atoms with Crippen LogP contribution in [0.15, 0.2) is 78.2 Å². The van der Waals surface area contributed by atoms with Gasteiger partial charge in [-0.3, -0.25) is 34.4 Å². The van der Waals surface area contributed by atoms with Crippen LogP contribution >= 0.6 is 0 Å². The first kappa shape index (κ1) is 58.8. The lowest BCUT2D eigenvalue weighted by molar-refractivity contribution is -0.121. The minimum atomic E-state index is -3.85. The van der Waals surface area contributed by atoms with E-state index in [4.69, 9.17) is 14.7 Å². The molecule has 0 bridgehead atoms. The summed E-state index contributed by atoms with van der Waals surface area (Å²) in [7, 11) is -3.85. The van der Waals surface area contributed by atoms with Gasteiger partial charge in [-0.1, -0.05) is 26.0 Å². The number of fused-ring (bicyclic) bond motifs is 2.